The molecule has 2 rings (SSSR count). The second-order valence-electron chi connectivity index (χ2n) is 3.80. The summed E-state index contributed by atoms with van der Waals surface area (Å²) in [5.74, 6) is 1.12. The van der Waals surface area contributed by atoms with Crippen molar-refractivity contribution in [1.29, 1.82) is 0 Å². The lowest BCUT2D eigenvalue weighted by molar-refractivity contribution is 0.436. The van der Waals surface area contributed by atoms with Crippen molar-refractivity contribution in [1.82, 2.24) is 9.97 Å². The van der Waals surface area contributed by atoms with Gasteiger partial charge in [0.2, 0.25) is 0 Å². The van der Waals surface area contributed by atoms with Crippen LogP contribution in [0.4, 0.5) is 5.82 Å². The second-order valence-corrected chi connectivity index (χ2v) is 4.61. The number of halogens is 1. The number of hydrogen-bond acceptors (Lipinski definition) is 3. The fraction of sp³-hybridized carbons (Fsp3) is 0.600. The largest absolute Gasteiger partial charge is 0.382 e. The lowest BCUT2D eigenvalue weighted by Crippen LogP contribution is -2.10. The van der Waals surface area contributed by atoms with E-state index in [0.29, 0.717) is 11.7 Å². The first-order valence-corrected chi connectivity index (χ1v) is 5.84. The maximum atomic E-state index is 5.83. The minimum Gasteiger partial charge on any atom is -0.382 e. The SMILES string of the molecule is Nc1ncc(Br)nc1C1CCCCC1. The molecule has 1 heterocycles. The Morgan fingerprint density at radius 1 is 1.29 bits per heavy atom. The minimum atomic E-state index is 0.522. The van der Waals surface area contributed by atoms with Crippen LogP contribution in [-0.2, 0) is 0 Å². The van der Waals surface area contributed by atoms with Gasteiger partial charge in [0, 0.05) is 5.92 Å². The van der Waals surface area contributed by atoms with Crippen molar-refractivity contribution in [2.24, 2.45) is 0 Å². The zero-order valence-electron chi connectivity index (χ0n) is 8.04. The Morgan fingerprint density at radius 3 is 2.71 bits per heavy atom. The Balaban J connectivity index is 2.24. The highest BCUT2D eigenvalue weighted by molar-refractivity contribution is 9.10. The van der Waals surface area contributed by atoms with Crippen molar-refractivity contribution in [2.45, 2.75) is 38.0 Å². The van der Waals surface area contributed by atoms with Crippen LogP contribution in [0.3, 0.4) is 0 Å². The molecule has 0 aliphatic heterocycles. The van der Waals surface area contributed by atoms with E-state index in [1.165, 1.54) is 32.1 Å². The molecule has 2 N–H and O–H groups in total. The summed E-state index contributed by atoms with van der Waals surface area (Å²) >= 11 is 3.33. The molecule has 0 radical (unpaired) electrons. The molecule has 1 aromatic heterocycles. The lowest BCUT2D eigenvalue weighted by Gasteiger charge is -2.21. The number of nitrogens with two attached hydrogens (primary N) is 1. The van der Waals surface area contributed by atoms with Gasteiger partial charge in [-0.2, -0.15) is 0 Å². The highest BCUT2D eigenvalue weighted by Gasteiger charge is 2.19. The van der Waals surface area contributed by atoms with Gasteiger partial charge in [0.1, 0.15) is 10.4 Å². The van der Waals surface area contributed by atoms with E-state index in [2.05, 4.69) is 25.9 Å². The van der Waals surface area contributed by atoms with E-state index in [0.717, 1.165) is 10.3 Å². The van der Waals surface area contributed by atoms with Gasteiger partial charge in [0.25, 0.3) is 0 Å². The van der Waals surface area contributed by atoms with Gasteiger partial charge >= 0.3 is 0 Å². The zero-order valence-corrected chi connectivity index (χ0v) is 9.63. The van der Waals surface area contributed by atoms with Crippen LogP contribution in [0.1, 0.15) is 43.7 Å². The quantitative estimate of drug-likeness (QED) is 0.840. The molecule has 1 aliphatic carbocycles. The number of nitrogen functional groups attached to an aromatic ring is 1. The molecule has 4 heteroatoms. The topological polar surface area (TPSA) is 51.8 Å². The van der Waals surface area contributed by atoms with Crippen LogP contribution in [0.5, 0.6) is 0 Å². The molecule has 0 atom stereocenters. The maximum absolute atomic E-state index is 5.83. The molecule has 0 aromatic carbocycles. The summed E-state index contributed by atoms with van der Waals surface area (Å²) in [5, 5.41) is 0. The van der Waals surface area contributed by atoms with Crippen molar-refractivity contribution in [2.75, 3.05) is 5.73 Å². The molecule has 3 nitrogen and oxygen atoms in total. The molecule has 1 aliphatic rings. The molecule has 0 spiro atoms. The number of hydrogen-bond donors (Lipinski definition) is 1. The molecule has 0 unspecified atom stereocenters. The van der Waals surface area contributed by atoms with Crippen LogP contribution in [0.25, 0.3) is 0 Å². The van der Waals surface area contributed by atoms with Crippen LogP contribution in [-0.4, -0.2) is 9.97 Å². The predicted molar refractivity (Wildman–Crippen MR) is 60.0 cm³/mol. The number of rotatable bonds is 1. The predicted octanol–water partition coefficient (Wildman–Crippen LogP) is 2.87. The Bertz CT molecular complexity index is 321. The van der Waals surface area contributed by atoms with Crippen molar-refractivity contribution in [3.63, 3.8) is 0 Å². The van der Waals surface area contributed by atoms with Crippen LogP contribution >= 0.6 is 15.9 Å². The summed E-state index contributed by atoms with van der Waals surface area (Å²) in [6, 6.07) is 0. The molecule has 76 valence electrons. The Morgan fingerprint density at radius 2 is 2.00 bits per heavy atom. The number of anilines is 1. The monoisotopic (exact) mass is 255 g/mol. The zero-order chi connectivity index (χ0) is 9.97. The third kappa shape index (κ3) is 2.05. The Labute approximate surface area is 92.3 Å². The summed E-state index contributed by atoms with van der Waals surface area (Å²) in [4.78, 5) is 8.55. The molecule has 0 bridgehead atoms. The maximum Gasteiger partial charge on any atom is 0.145 e. The fourth-order valence-corrected chi connectivity index (χ4v) is 2.36. The highest BCUT2D eigenvalue weighted by atomic mass is 79.9. The van der Waals surface area contributed by atoms with Gasteiger partial charge < -0.3 is 5.73 Å². The van der Waals surface area contributed by atoms with Gasteiger partial charge in [0.05, 0.1) is 11.9 Å². The van der Waals surface area contributed by atoms with Crippen molar-refractivity contribution in [3.05, 3.63) is 16.5 Å². The van der Waals surface area contributed by atoms with Crippen LogP contribution in [0.15, 0.2) is 10.8 Å². The molecule has 1 saturated carbocycles. The molecule has 1 fully saturated rings. The van der Waals surface area contributed by atoms with Gasteiger partial charge in [-0.25, -0.2) is 9.97 Å². The number of nitrogens with zero attached hydrogens (tertiary/aromatic N) is 2. The Hall–Kier alpha value is -0.640. The number of aromatic nitrogens is 2. The highest BCUT2D eigenvalue weighted by Crippen LogP contribution is 2.33. The molecule has 14 heavy (non-hydrogen) atoms. The van der Waals surface area contributed by atoms with Gasteiger partial charge in [-0.15, -0.1) is 0 Å². The van der Waals surface area contributed by atoms with Crippen LogP contribution < -0.4 is 5.73 Å². The lowest BCUT2D eigenvalue weighted by atomic mass is 9.87. The second kappa shape index (κ2) is 4.26. The summed E-state index contributed by atoms with van der Waals surface area (Å²) in [7, 11) is 0. The molecule has 0 amide bonds. The third-order valence-electron chi connectivity index (χ3n) is 2.79. The van der Waals surface area contributed by atoms with Gasteiger partial charge in [-0.05, 0) is 28.8 Å². The van der Waals surface area contributed by atoms with E-state index in [4.69, 9.17) is 5.73 Å². The molecular formula is C10H14BrN3. The van der Waals surface area contributed by atoms with E-state index in [9.17, 15) is 0 Å². The van der Waals surface area contributed by atoms with E-state index < -0.39 is 0 Å². The van der Waals surface area contributed by atoms with Gasteiger partial charge in [-0.3, -0.25) is 0 Å². The summed E-state index contributed by atoms with van der Waals surface area (Å²) in [6.45, 7) is 0. The average molecular weight is 256 g/mol. The summed E-state index contributed by atoms with van der Waals surface area (Å²) in [5.41, 5.74) is 6.81. The third-order valence-corrected chi connectivity index (χ3v) is 3.17. The Kier molecular flexibility index (Phi) is 3.01. The van der Waals surface area contributed by atoms with Crippen LogP contribution in [0, 0.1) is 0 Å². The minimum absolute atomic E-state index is 0.522. The van der Waals surface area contributed by atoms with Crippen molar-refractivity contribution in [3.8, 4) is 0 Å². The first-order chi connectivity index (χ1) is 6.77. The molecular weight excluding hydrogens is 242 g/mol. The summed E-state index contributed by atoms with van der Waals surface area (Å²) in [6.07, 6.45) is 7.99. The van der Waals surface area contributed by atoms with Crippen molar-refractivity contribution >= 4 is 21.7 Å². The smallest absolute Gasteiger partial charge is 0.145 e. The van der Waals surface area contributed by atoms with Crippen molar-refractivity contribution < 1.29 is 0 Å². The summed E-state index contributed by atoms with van der Waals surface area (Å²) < 4.78 is 0.785. The standard InChI is InChI=1S/C10H14BrN3/c11-8-6-13-10(12)9(14-8)7-4-2-1-3-5-7/h6-7H,1-5H2,(H2,12,13). The van der Waals surface area contributed by atoms with Gasteiger partial charge in [0.15, 0.2) is 0 Å². The normalized spacial score (nSPS) is 18.4. The molecule has 0 saturated heterocycles. The van der Waals surface area contributed by atoms with Crippen LogP contribution in [0.2, 0.25) is 0 Å². The first-order valence-electron chi connectivity index (χ1n) is 5.05. The average Bonchev–Trinajstić information content (AvgIpc) is 2.23. The van der Waals surface area contributed by atoms with E-state index >= 15 is 0 Å². The van der Waals surface area contributed by atoms with E-state index in [1.807, 2.05) is 0 Å². The van der Waals surface area contributed by atoms with Gasteiger partial charge in [-0.1, -0.05) is 19.3 Å². The van der Waals surface area contributed by atoms with E-state index in [1.54, 1.807) is 6.20 Å². The first kappa shape index (κ1) is 9.90. The molecule has 1 aromatic rings. The fourth-order valence-electron chi connectivity index (χ4n) is 2.07. The van der Waals surface area contributed by atoms with E-state index in [-0.39, 0.29) is 0 Å².